The highest BCUT2D eigenvalue weighted by Crippen LogP contribution is 2.48. The minimum atomic E-state index is -1.10. The number of hydrogen-bond donors (Lipinski definition) is 2. The lowest BCUT2D eigenvalue weighted by Gasteiger charge is -2.26. The first-order valence-corrected chi connectivity index (χ1v) is 11.8. The summed E-state index contributed by atoms with van der Waals surface area (Å²) in [5.41, 5.74) is 0.434. The number of carbonyl (C=O) groups is 2. The maximum atomic E-state index is 13.4. The molecule has 0 spiro atoms. The lowest BCUT2D eigenvalue weighted by Crippen LogP contribution is -2.29. The number of ether oxygens (including phenoxy) is 3. The average molecular weight is 565 g/mol. The van der Waals surface area contributed by atoms with Crippen LogP contribution in [0.3, 0.4) is 0 Å². The van der Waals surface area contributed by atoms with Crippen molar-refractivity contribution in [3.8, 4) is 23.0 Å². The van der Waals surface area contributed by atoms with E-state index in [1.54, 1.807) is 12.1 Å². The Hall–Kier alpha value is -3.59. The molecule has 0 aliphatic carbocycles. The van der Waals surface area contributed by atoms with Crippen molar-refractivity contribution < 1.29 is 34.0 Å². The van der Waals surface area contributed by atoms with Gasteiger partial charge in [0.25, 0.3) is 11.7 Å². The number of carbonyl (C=O) groups excluding carboxylic acids is 2. The van der Waals surface area contributed by atoms with E-state index in [2.05, 4.69) is 0 Å². The minimum absolute atomic E-state index is 0.0106. The number of methoxy groups -OCH3 is 3. The van der Waals surface area contributed by atoms with Crippen LogP contribution in [0.25, 0.3) is 5.76 Å². The number of phenols is 1. The summed E-state index contributed by atoms with van der Waals surface area (Å²) in [4.78, 5) is 28.0. The Morgan fingerprint density at radius 2 is 1.51 bits per heavy atom. The molecule has 0 saturated carbocycles. The second-order valence-corrected chi connectivity index (χ2v) is 9.06. The third kappa shape index (κ3) is 4.52. The van der Waals surface area contributed by atoms with E-state index in [0.29, 0.717) is 11.3 Å². The van der Waals surface area contributed by atoms with Crippen LogP contribution in [-0.2, 0) is 9.59 Å². The molecule has 1 aliphatic rings. The van der Waals surface area contributed by atoms with E-state index in [-0.39, 0.29) is 49.1 Å². The summed E-state index contributed by atoms with van der Waals surface area (Å²) in [6.07, 6.45) is 0. The molecule has 2 N–H and O–H groups in total. The molecule has 3 aromatic carbocycles. The normalized spacial score (nSPS) is 16.7. The van der Waals surface area contributed by atoms with E-state index in [1.165, 1.54) is 62.6 Å². The molecule has 1 amide bonds. The van der Waals surface area contributed by atoms with E-state index in [0.717, 1.165) is 0 Å². The number of anilines is 1. The fourth-order valence-electron chi connectivity index (χ4n) is 4.17. The van der Waals surface area contributed by atoms with Crippen LogP contribution in [0.2, 0.25) is 15.1 Å². The van der Waals surface area contributed by atoms with Gasteiger partial charge < -0.3 is 24.4 Å². The molecule has 0 aromatic heterocycles. The first kappa shape index (κ1) is 26.5. The fraction of sp³-hybridized carbons (Fsp3) is 0.154. The molecule has 1 fully saturated rings. The largest absolute Gasteiger partial charge is 0.508 e. The van der Waals surface area contributed by atoms with Gasteiger partial charge in [-0.3, -0.25) is 14.5 Å². The number of Topliss-reactive ketones (excluding diaryl/α,β-unsaturated/α-hetero) is 1. The van der Waals surface area contributed by atoms with Crippen molar-refractivity contribution >= 4 is 57.9 Å². The molecule has 1 heterocycles. The quantitative estimate of drug-likeness (QED) is 0.215. The van der Waals surface area contributed by atoms with E-state index in [4.69, 9.17) is 49.0 Å². The summed E-state index contributed by atoms with van der Waals surface area (Å²) < 4.78 is 15.8. The van der Waals surface area contributed by atoms with Gasteiger partial charge in [-0.15, -0.1) is 0 Å². The number of phenolic OH excluding ortho intramolecular Hbond substituents is 1. The first-order chi connectivity index (χ1) is 17.6. The summed E-state index contributed by atoms with van der Waals surface area (Å²) in [5.74, 6) is -2.00. The Labute approximate surface area is 227 Å². The Morgan fingerprint density at radius 3 is 2.08 bits per heavy atom. The van der Waals surface area contributed by atoms with Crippen molar-refractivity contribution in [3.05, 3.63) is 80.3 Å². The second kappa shape index (κ2) is 10.4. The number of hydrogen-bond acceptors (Lipinski definition) is 7. The monoisotopic (exact) mass is 563 g/mol. The smallest absolute Gasteiger partial charge is 0.300 e. The molecule has 192 valence electrons. The predicted molar refractivity (Wildman–Crippen MR) is 140 cm³/mol. The van der Waals surface area contributed by atoms with Crippen LogP contribution in [0.5, 0.6) is 23.0 Å². The molecule has 37 heavy (non-hydrogen) atoms. The Bertz CT molecular complexity index is 1440. The van der Waals surface area contributed by atoms with Crippen LogP contribution in [0.15, 0.2) is 54.1 Å². The van der Waals surface area contributed by atoms with Gasteiger partial charge in [-0.05, 0) is 42.0 Å². The summed E-state index contributed by atoms with van der Waals surface area (Å²) in [5, 5.41) is 21.5. The molecule has 11 heteroatoms. The van der Waals surface area contributed by atoms with Crippen molar-refractivity contribution in [2.45, 2.75) is 6.04 Å². The molecule has 1 atom stereocenters. The number of halogens is 3. The topological polar surface area (TPSA) is 106 Å². The summed E-state index contributed by atoms with van der Waals surface area (Å²) in [6.45, 7) is 0. The van der Waals surface area contributed by atoms with Gasteiger partial charge >= 0.3 is 0 Å². The van der Waals surface area contributed by atoms with Gasteiger partial charge in [-0.25, -0.2) is 0 Å². The molecule has 0 bridgehead atoms. The zero-order valence-electron chi connectivity index (χ0n) is 19.7. The number of amides is 1. The number of nitrogens with zero attached hydrogens (tertiary/aromatic N) is 1. The molecule has 1 unspecified atom stereocenters. The van der Waals surface area contributed by atoms with Gasteiger partial charge in [0.1, 0.15) is 22.3 Å². The summed E-state index contributed by atoms with van der Waals surface area (Å²) >= 11 is 19.0. The summed E-state index contributed by atoms with van der Waals surface area (Å²) in [6, 6.07) is 10.7. The molecule has 1 saturated heterocycles. The van der Waals surface area contributed by atoms with Crippen LogP contribution in [0.1, 0.15) is 17.2 Å². The minimum Gasteiger partial charge on any atom is -0.508 e. The molecular formula is C26H20Cl3NO7. The lowest BCUT2D eigenvalue weighted by atomic mass is 9.94. The number of aliphatic hydroxyl groups is 1. The third-order valence-corrected chi connectivity index (χ3v) is 6.78. The van der Waals surface area contributed by atoms with Crippen LogP contribution >= 0.6 is 34.8 Å². The fourth-order valence-corrected chi connectivity index (χ4v) is 5.11. The number of benzene rings is 3. The number of ketones is 1. The Morgan fingerprint density at radius 1 is 0.865 bits per heavy atom. The van der Waals surface area contributed by atoms with E-state index in [1.807, 2.05) is 0 Å². The maximum absolute atomic E-state index is 13.4. The Kier molecular flexibility index (Phi) is 7.45. The highest BCUT2D eigenvalue weighted by molar-refractivity contribution is 6.52. The Balaban J connectivity index is 2.01. The SMILES string of the molecule is COc1ccc(N2C(=O)C(=O)/C(=C(/O)c3cc(Cl)c(OC)c(Cl)c3OC)C2c2ccc(O)cc2)cc1Cl. The van der Waals surface area contributed by atoms with E-state index >= 15 is 0 Å². The van der Waals surface area contributed by atoms with Crippen LogP contribution in [-0.4, -0.2) is 43.2 Å². The number of aromatic hydroxyl groups is 1. The zero-order chi connectivity index (χ0) is 27.0. The van der Waals surface area contributed by atoms with Gasteiger partial charge in [0.15, 0.2) is 11.5 Å². The third-order valence-electron chi connectivity index (χ3n) is 5.86. The van der Waals surface area contributed by atoms with Crippen molar-refractivity contribution in [1.29, 1.82) is 0 Å². The molecule has 1 aliphatic heterocycles. The zero-order valence-corrected chi connectivity index (χ0v) is 22.0. The molecule has 4 rings (SSSR count). The highest BCUT2D eigenvalue weighted by Gasteiger charge is 2.47. The lowest BCUT2D eigenvalue weighted by molar-refractivity contribution is -0.132. The number of aliphatic hydroxyl groups excluding tert-OH is 1. The molecule has 0 radical (unpaired) electrons. The van der Waals surface area contributed by atoms with Gasteiger partial charge in [0, 0.05) is 5.69 Å². The summed E-state index contributed by atoms with van der Waals surface area (Å²) in [7, 11) is 4.13. The van der Waals surface area contributed by atoms with Crippen molar-refractivity contribution in [1.82, 2.24) is 0 Å². The van der Waals surface area contributed by atoms with Crippen LogP contribution in [0, 0.1) is 0 Å². The molecule has 3 aromatic rings. The average Bonchev–Trinajstić information content (AvgIpc) is 3.14. The molecular weight excluding hydrogens is 545 g/mol. The standard InChI is InChI=1S/C26H20Cl3NO7/c1-35-18-9-6-13(10-16(18)27)30-21(12-4-7-14(31)8-5-12)19(23(33)26(30)34)22(32)15-11-17(28)25(37-3)20(29)24(15)36-2/h4-11,21,31-32H,1-3H3/b22-19+. The van der Waals surface area contributed by atoms with Gasteiger partial charge in [0.05, 0.1) is 48.6 Å². The van der Waals surface area contributed by atoms with Crippen LogP contribution < -0.4 is 19.1 Å². The second-order valence-electron chi connectivity index (χ2n) is 7.87. The van der Waals surface area contributed by atoms with Crippen LogP contribution in [0.4, 0.5) is 5.69 Å². The highest BCUT2D eigenvalue weighted by atomic mass is 35.5. The van der Waals surface area contributed by atoms with Gasteiger partial charge in [-0.2, -0.15) is 0 Å². The first-order valence-electron chi connectivity index (χ1n) is 10.7. The molecule has 8 nitrogen and oxygen atoms in total. The van der Waals surface area contributed by atoms with Crippen molar-refractivity contribution in [3.63, 3.8) is 0 Å². The van der Waals surface area contributed by atoms with Crippen molar-refractivity contribution in [2.75, 3.05) is 26.2 Å². The predicted octanol–water partition coefficient (Wildman–Crippen LogP) is 6.00. The van der Waals surface area contributed by atoms with Crippen molar-refractivity contribution in [2.24, 2.45) is 0 Å². The van der Waals surface area contributed by atoms with E-state index in [9.17, 15) is 19.8 Å². The number of rotatable bonds is 6. The van der Waals surface area contributed by atoms with Gasteiger partial charge in [-0.1, -0.05) is 46.9 Å². The van der Waals surface area contributed by atoms with Gasteiger partial charge in [0.2, 0.25) is 0 Å². The maximum Gasteiger partial charge on any atom is 0.300 e. The van der Waals surface area contributed by atoms with E-state index < -0.39 is 23.5 Å².